The number of aliphatic imine (C=N–C) groups is 1. The molecule has 0 amide bonds. The van der Waals surface area contributed by atoms with Gasteiger partial charge in [-0.05, 0) is 19.1 Å². The van der Waals surface area contributed by atoms with E-state index in [2.05, 4.69) is 15.4 Å². The summed E-state index contributed by atoms with van der Waals surface area (Å²) in [6, 6.07) is 5.94. The Morgan fingerprint density at radius 2 is 2.33 bits per heavy atom. The summed E-state index contributed by atoms with van der Waals surface area (Å²) in [4.78, 5) is 10.3. The van der Waals surface area contributed by atoms with Crippen molar-refractivity contribution in [3.05, 3.63) is 29.6 Å². The molecule has 0 fully saturated rings. The van der Waals surface area contributed by atoms with Crippen LogP contribution in [0, 0.1) is 6.92 Å². The summed E-state index contributed by atoms with van der Waals surface area (Å²) in [5.41, 5.74) is 4.54. The van der Waals surface area contributed by atoms with E-state index in [-0.39, 0.29) is 0 Å². The number of hydrazine groups is 1. The van der Waals surface area contributed by atoms with E-state index in [9.17, 15) is 0 Å². The molecule has 0 atom stereocenters. The molecular formula is C10H17N5. The first-order chi connectivity index (χ1) is 7.17. The molecule has 0 saturated carbocycles. The monoisotopic (exact) mass is 207 g/mol. The van der Waals surface area contributed by atoms with Crippen molar-refractivity contribution in [2.24, 2.45) is 10.8 Å². The zero-order valence-electron chi connectivity index (χ0n) is 9.36. The average Bonchev–Trinajstić information content (AvgIpc) is 2.19. The number of guanidine groups is 1. The largest absolute Gasteiger partial charge is 0.339 e. The standard InChI is InChI=1S/C10H17N5/c1-8-5-4-6-9(13-8)7-15(3)10(12-2)14-11/h4-6H,7,11H2,1-3H3,(H,12,14). The molecule has 82 valence electrons. The second kappa shape index (κ2) is 5.31. The van der Waals surface area contributed by atoms with Crippen LogP contribution in [0.15, 0.2) is 23.2 Å². The lowest BCUT2D eigenvalue weighted by Crippen LogP contribution is -2.42. The van der Waals surface area contributed by atoms with Gasteiger partial charge in [0.1, 0.15) is 0 Å². The van der Waals surface area contributed by atoms with Crippen molar-refractivity contribution in [1.29, 1.82) is 0 Å². The fourth-order valence-electron chi connectivity index (χ4n) is 1.35. The molecule has 0 aliphatic heterocycles. The molecule has 0 spiro atoms. The van der Waals surface area contributed by atoms with Crippen molar-refractivity contribution in [3.63, 3.8) is 0 Å². The number of pyridine rings is 1. The summed E-state index contributed by atoms with van der Waals surface area (Å²) in [7, 11) is 3.60. The third kappa shape index (κ3) is 3.21. The Morgan fingerprint density at radius 3 is 2.87 bits per heavy atom. The van der Waals surface area contributed by atoms with Crippen LogP contribution in [-0.2, 0) is 6.54 Å². The summed E-state index contributed by atoms with van der Waals surface area (Å²) in [5.74, 6) is 5.96. The summed E-state index contributed by atoms with van der Waals surface area (Å²) in [6.07, 6.45) is 0. The number of rotatable bonds is 2. The molecule has 1 heterocycles. The molecule has 0 saturated heterocycles. The van der Waals surface area contributed by atoms with Crippen molar-refractivity contribution >= 4 is 5.96 Å². The van der Waals surface area contributed by atoms with Crippen molar-refractivity contribution in [2.45, 2.75) is 13.5 Å². The van der Waals surface area contributed by atoms with E-state index < -0.39 is 0 Å². The highest BCUT2D eigenvalue weighted by Gasteiger charge is 2.05. The van der Waals surface area contributed by atoms with E-state index in [4.69, 9.17) is 5.84 Å². The molecular weight excluding hydrogens is 190 g/mol. The minimum Gasteiger partial charge on any atom is -0.339 e. The third-order valence-electron chi connectivity index (χ3n) is 2.05. The van der Waals surface area contributed by atoms with Gasteiger partial charge in [-0.25, -0.2) is 5.84 Å². The van der Waals surface area contributed by atoms with E-state index in [1.165, 1.54) is 0 Å². The van der Waals surface area contributed by atoms with Gasteiger partial charge in [-0.3, -0.25) is 15.4 Å². The van der Waals surface area contributed by atoms with Crippen LogP contribution >= 0.6 is 0 Å². The maximum atomic E-state index is 5.32. The quantitative estimate of drug-likeness (QED) is 0.316. The number of nitrogens with two attached hydrogens (primary N) is 1. The number of hydrogen-bond donors (Lipinski definition) is 2. The van der Waals surface area contributed by atoms with Crippen LogP contribution in [0.3, 0.4) is 0 Å². The molecule has 15 heavy (non-hydrogen) atoms. The van der Waals surface area contributed by atoms with Gasteiger partial charge in [-0.2, -0.15) is 0 Å². The first-order valence-electron chi connectivity index (χ1n) is 4.74. The highest BCUT2D eigenvalue weighted by Crippen LogP contribution is 2.01. The smallest absolute Gasteiger partial charge is 0.208 e. The molecule has 0 aliphatic rings. The molecule has 0 bridgehead atoms. The van der Waals surface area contributed by atoms with Crippen LogP contribution in [0.2, 0.25) is 0 Å². The van der Waals surface area contributed by atoms with Crippen LogP contribution in [0.1, 0.15) is 11.4 Å². The lowest BCUT2D eigenvalue weighted by atomic mass is 10.3. The van der Waals surface area contributed by atoms with Crippen LogP contribution in [0.25, 0.3) is 0 Å². The van der Waals surface area contributed by atoms with Crippen LogP contribution in [-0.4, -0.2) is 29.9 Å². The Hall–Kier alpha value is -1.62. The Morgan fingerprint density at radius 1 is 1.60 bits per heavy atom. The highest BCUT2D eigenvalue weighted by atomic mass is 15.4. The summed E-state index contributed by atoms with van der Waals surface area (Å²) < 4.78 is 0. The van der Waals surface area contributed by atoms with Gasteiger partial charge in [0.25, 0.3) is 0 Å². The number of aryl methyl sites for hydroxylation is 1. The van der Waals surface area contributed by atoms with Crippen molar-refractivity contribution < 1.29 is 0 Å². The minimum atomic E-state index is 0.637. The number of hydrogen-bond acceptors (Lipinski definition) is 3. The van der Waals surface area contributed by atoms with Gasteiger partial charge < -0.3 is 4.90 Å². The maximum absolute atomic E-state index is 5.32. The molecule has 5 heteroatoms. The predicted molar refractivity (Wildman–Crippen MR) is 61.1 cm³/mol. The normalized spacial score (nSPS) is 11.3. The van der Waals surface area contributed by atoms with E-state index in [1.54, 1.807) is 7.05 Å². The lowest BCUT2D eigenvalue weighted by molar-refractivity contribution is 0.471. The Bertz CT molecular complexity index is 347. The van der Waals surface area contributed by atoms with Gasteiger partial charge in [0.15, 0.2) is 0 Å². The van der Waals surface area contributed by atoms with Gasteiger partial charge in [0.2, 0.25) is 5.96 Å². The number of nitrogens with zero attached hydrogens (tertiary/aromatic N) is 3. The maximum Gasteiger partial charge on any atom is 0.208 e. The van der Waals surface area contributed by atoms with E-state index >= 15 is 0 Å². The molecule has 1 aromatic heterocycles. The first-order valence-corrected chi connectivity index (χ1v) is 4.74. The molecule has 0 unspecified atom stereocenters. The fraction of sp³-hybridized carbons (Fsp3) is 0.400. The molecule has 0 aromatic carbocycles. The topological polar surface area (TPSA) is 66.5 Å². The Labute approximate surface area is 90.0 Å². The minimum absolute atomic E-state index is 0.637. The van der Waals surface area contributed by atoms with Gasteiger partial charge in [0, 0.05) is 19.8 Å². The van der Waals surface area contributed by atoms with Gasteiger partial charge in [0.05, 0.1) is 12.2 Å². The predicted octanol–water partition coefficient (Wildman–Crippen LogP) is 0.271. The summed E-state index contributed by atoms with van der Waals surface area (Å²) in [6.45, 7) is 2.65. The van der Waals surface area contributed by atoms with E-state index in [0.29, 0.717) is 12.5 Å². The third-order valence-corrected chi connectivity index (χ3v) is 2.05. The molecule has 5 nitrogen and oxygen atoms in total. The number of nitrogens with one attached hydrogen (secondary N) is 1. The molecule has 1 aromatic rings. The van der Waals surface area contributed by atoms with Gasteiger partial charge in [-0.1, -0.05) is 6.07 Å². The fourth-order valence-corrected chi connectivity index (χ4v) is 1.35. The summed E-state index contributed by atoms with van der Waals surface area (Å²) in [5, 5.41) is 0. The Kier molecular flexibility index (Phi) is 4.05. The molecule has 0 radical (unpaired) electrons. The highest BCUT2D eigenvalue weighted by molar-refractivity contribution is 5.78. The molecule has 1 rings (SSSR count). The lowest BCUT2D eigenvalue weighted by Gasteiger charge is -2.19. The molecule has 3 N–H and O–H groups in total. The SMILES string of the molecule is CN=C(NN)N(C)Cc1cccc(C)n1. The zero-order chi connectivity index (χ0) is 11.3. The zero-order valence-corrected chi connectivity index (χ0v) is 9.36. The second-order valence-electron chi connectivity index (χ2n) is 3.32. The van der Waals surface area contributed by atoms with Crippen LogP contribution in [0.4, 0.5) is 0 Å². The van der Waals surface area contributed by atoms with E-state index in [0.717, 1.165) is 11.4 Å². The van der Waals surface area contributed by atoms with Crippen LogP contribution in [0.5, 0.6) is 0 Å². The second-order valence-corrected chi connectivity index (χ2v) is 3.32. The van der Waals surface area contributed by atoms with Crippen molar-refractivity contribution in [2.75, 3.05) is 14.1 Å². The molecule has 0 aliphatic carbocycles. The summed E-state index contributed by atoms with van der Waals surface area (Å²) >= 11 is 0. The first kappa shape index (κ1) is 11.5. The Balaban J connectivity index is 2.70. The van der Waals surface area contributed by atoms with Crippen molar-refractivity contribution in [1.82, 2.24) is 15.3 Å². The van der Waals surface area contributed by atoms with Gasteiger partial charge in [-0.15, -0.1) is 0 Å². The van der Waals surface area contributed by atoms with E-state index in [1.807, 2.05) is 37.1 Å². The van der Waals surface area contributed by atoms with Crippen molar-refractivity contribution in [3.8, 4) is 0 Å². The number of aromatic nitrogens is 1. The van der Waals surface area contributed by atoms with Gasteiger partial charge >= 0.3 is 0 Å². The van der Waals surface area contributed by atoms with Crippen LogP contribution < -0.4 is 11.3 Å². The average molecular weight is 207 g/mol.